The summed E-state index contributed by atoms with van der Waals surface area (Å²) in [6.07, 6.45) is -6.13. The van der Waals surface area contributed by atoms with Gasteiger partial charge in [0.25, 0.3) is 0 Å². The number of rotatable bonds is 8. The average Bonchev–Trinajstić information content (AvgIpc) is 2.69. The highest BCUT2D eigenvalue weighted by Gasteiger charge is 2.33. The molecule has 0 saturated carbocycles. The van der Waals surface area contributed by atoms with Gasteiger partial charge in [-0.05, 0) is 29.3 Å². The molecule has 0 spiro atoms. The molecule has 0 unspecified atom stereocenters. The van der Waals surface area contributed by atoms with E-state index < -0.39 is 20.5 Å². The minimum Gasteiger partial charge on any atom is -0.497 e. The van der Waals surface area contributed by atoms with Gasteiger partial charge in [-0.15, -0.1) is 18.7 Å². The third kappa shape index (κ3) is 8.95. The van der Waals surface area contributed by atoms with Gasteiger partial charge in [0.2, 0.25) is 0 Å². The summed E-state index contributed by atoms with van der Waals surface area (Å²) in [7, 11) is 1.24. The first kappa shape index (κ1) is 24.6. The van der Waals surface area contributed by atoms with Gasteiger partial charge < -0.3 is 14.2 Å². The van der Waals surface area contributed by atoms with Crippen LogP contribution >= 0.6 is 0 Å². The molecule has 0 radical (unpaired) electrons. The van der Waals surface area contributed by atoms with E-state index in [-0.39, 0.29) is 13.0 Å². The Bertz CT molecular complexity index is 905. The third-order valence-corrected chi connectivity index (χ3v) is 4.96. The molecule has 4 nitrogen and oxygen atoms in total. The molecule has 1 atom stereocenters. The molecule has 0 aromatic heterocycles. The van der Waals surface area contributed by atoms with Crippen LogP contribution in [-0.2, 0) is 17.8 Å². The van der Waals surface area contributed by atoms with Crippen molar-refractivity contribution < 1.29 is 32.1 Å². The normalized spacial score (nSPS) is 12.5. The molecule has 2 aromatic rings. The number of alkyl halides is 3. The van der Waals surface area contributed by atoms with Crippen LogP contribution in [0.15, 0.2) is 42.5 Å². The number of ether oxygens (including phenoxy) is 4. The number of hydrogen-bond acceptors (Lipinski definition) is 4. The molecule has 0 saturated heterocycles. The molecule has 0 heterocycles. The van der Waals surface area contributed by atoms with E-state index >= 15 is 0 Å². The Morgan fingerprint density at radius 3 is 2.13 bits per heavy atom. The first-order chi connectivity index (χ1) is 14.5. The number of para-hydroxylation sites is 1. The van der Waals surface area contributed by atoms with Crippen LogP contribution in [0.4, 0.5) is 13.2 Å². The van der Waals surface area contributed by atoms with Crippen molar-refractivity contribution in [3.05, 3.63) is 53.6 Å². The first-order valence-corrected chi connectivity index (χ1v) is 13.2. The van der Waals surface area contributed by atoms with Crippen LogP contribution in [0, 0.1) is 11.5 Å². The standard InChI is InChI=1S/C23H27F3O4Si/c1-27-20-12-17(13-21(15-20)28-2)16-29-22-9-7-6-8-18(22)14-19(30-23(24,25)26)10-11-31(3,4)5/h6-9,12-13,15,19H,14,16H2,1-5H3/t19-/m1/s1. The van der Waals surface area contributed by atoms with E-state index in [0.29, 0.717) is 22.8 Å². The highest BCUT2D eigenvalue weighted by Crippen LogP contribution is 2.27. The molecule has 2 aromatic carbocycles. The molecule has 168 valence electrons. The zero-order chi connectivity index (χ0) is 23.1. The quantitative estimate of drug-likeness (QED) is 0.385. The molecule has 0 aliphatic rings. The van der Waals surface area contributed by atoms with Gasteiger partial charge in [0.1, 0.15) is 38.0 Å². The molecule has 0 aliphatic carbocycles. The topological polar surface area (TPSA) is 36.9 Å². The van der Waals surface area contributed by atoms with Crippen molar-refractivity contribution in [3.63, 3.8) is 0 Å². The molecular weight excluding hydrogens is 425 g/mol. The second-order valence-corrected chi connectivity index (χ2v) is 12.6. The van der Waals surface area contributed by atoms with Crippen LogP contribution in [0.1, 0.15) is 11.1 Å². The Kier molecular flexibility index (Phi) is 8.42. The molecule has 0 amide bonds. The minimum absolute atomic E-state index is 0.0470. The van der Waals surface area contributed by atoms with Gasteiger partial charge in [-0.2, -0.15) is 0 Å². The largest absolute Gasteiger partial charge is 0.523 e. The Morgan fingerprint density at radius 1 is 0.968 bits per heavy atom. The van der Waals surface area contributed by atoms with E-state index in [2.05, 4.69) is 16.2 Å². The van der Waals surface area contributed by atoms with E-state index in [1.54, 1.807) is 56.7 Å². The van der Waals surface area contributed by atoms with Gasteiger partial charge in [0.15, 0.2) is 0 Å². The second kappa shape index (κ2) is 10.6. The van der Waals surface area contributed by atoms with Crippen molar-refractivity contribution in [2.75, 3.05) is 14.2 Å². The lowest BCUT2D eigenvalue weighted by Gasteiger charge is -2.18. The van der Waals surface area contributed by atoms with Crippen molar-refractivity contribution in [3.8, 4) is 28.7 Å². The zero-order valence-electron chi connectivity index (χ0n) is 18.3. The molecule has 0 aliphatic heterocycles. The lowest BCUT2D eigenvalue weighted by molar-refractivity contribution is -0.334. The maximum Gasteiger partial charge on any atom is 0.523 e. The fraction of sp³-hybridized carbons (Fsp3) is 0.391. The van der Waals surface area contributed by atoms with E-state index in [0.717, 1.165) is 5.56 Å². The summed E-state index contributed by atoms with van der Waals surface area (Å²) in [5.41, 5.74) is 4.34. The maximum absolute atomic E-state index is 12.9. The first-order valence-electron chi connectivity index (χ1n) is 9.69. The summed E-state index contributed by atoms with van der Waals surface area (Å²) in [6.45, 7) is 6.08. The fourth-order valence-corrected chi connectivity index (χ4v) is 3.30. The number of hydrogen-bond donors (Lipinski definition) is 0. The summed E-state index contributed by atoms with van der Waals surface area (Å²) in [5.74, 6) is 4.38. The number of benzene rings is 2. The van der Waals surface area contributed by atoms with Gasteiger partial charge in [-0.3, -0.25) is 4.74 Å². The molecular formula is C23H27F3O4Si. The Hall–Kier alpha value is -2.63. The van der Waals surface area contributed by atoms with E-state index in [9.17, 15) is 13.2 Å². The second-order valence-electron chi connectivity index (χ2n) is 7.89. The average molecular weight is 453 g/mol. The Labute approximate surface area is 182 Å². The Morgan fingerprint density at radius 2 is 1.58 bits per heavy atom. The SMILES string of the molecule is COc1cc(COc2ccccc2C[C@@H](C#C[Si](C)(C)C)OC(F)(F)F)cc(OC)c1. The Balaban J connectivity index is 2.22. The summed E-state index contributed by atoms with van der Waals surface area (Å²) in [6, 6.07) is 12.3. The zero-order valence-corrected chi connectivity index (χ0v) is 19.3. The van der Waals surface area contributed by atoms with Crippen LogP contribution in [0.2, 0.25) is 19.6 Å². The van der Waals surface area contributed by atoms with Crippen molar-refractivity contribution >= 4 is 8.07 Å². The summed E-state index contributed by atoms with van der Waals surface area (Å²) >= 11 is 0. The van der Waals surface area contributed by atoms with Gasteiger partial charge in [-0.25, -0.2) is 0 Å². The summed E-state index contributed by atoms with van der Waals surface area (Å²) < 4.78 is 59.4. The fourth-order valence-electron chi connectivity index (χ4n) is 2.70. The lowest BCUT2D eigenvalue weighted by atomic mass is 10.1. The van der Waals surface area contributed by atoms with Crippen LogP contribution in [0.5, 0.6) is 17.2 Å². The smallest absolute Gasteiger partial charge is 0.497 e. The van der Waals surface area contributed by atoms with E-state index in [1.165, 1.54) is 0 Å². The van der Waals surface area contributed by atoms with Crippen molar-refractivity contribution in [1.29, 1.82) is 0 Å². The maximum atomic E-state index is 12.9. The third-order valence-electron chi connectivity index (χ3n) is 4.07. The van der Waals surface area contributed by atoms with E-state index in [4.69, 9.17) is 14.2 Å². The predicted octanol–water partition coefficient (Wildman–Crippen LogP) is 5.61. The minimum atomic E-state index is -4.77. The van der Waals surface area contributed by atoms with Gasteiger partial charge in [0.05, 0.1) is 14.2 Å². The molecule has 0 N–H and O–H groups in total. The van der Waals surface area contributed by atoms with Crippen LogP contribution in [0.3, 0.4) is 0 Å². The van der Waals surface area contributed by atoms with Crippen molar-refractivity contribution in [2.45, 2.75) is 45.1 Å². The molecule has 31 heavy (non-hydrogen) atoms. The van der Waals surface area contributed by atoms with Crippen molar-refractivity contribution in [1.82, 2.24) is 0 Å². The van der Waals surface area contributed by atoms with E-state index in [1.807, 2.05) is 19.6 Å². The lowest BCUT2D eigenvalue weighted by Crippen LogP contribution is -2.26. The molecule has 2 rings (SSSR count). The number of halogens is 3. The molecule has 0 bridgehead atoms. The van der Waals surface area contributed by atoms with Gasteiger partial charge in [0, 0.05) is 12.5 Å². The molecule has 8 heteroatoms. The van der Waals surface area contributed by atoms with Crippen LogP contribution in [-0.4, -0.2) is 34.8 Å². The summed E-state index contributed by atoms with van der Waals surface area (Å²) in [4.78, 5) is 0. The predicted molar refractivity (Wildman–Crippen MR) is 116 cm³/mol. The van der Waals surface area contributed by atoms with Crippen LogP contribution < -0.4 is 14.2 Å². The summed E-state index contributed by atoms with van der Waals surface area (Å²) in [5, 5.41) is 0. The highest BCUT2D eigenvalue weighted by atomic mass is 28.3. The van der Waals surface area contributed by atoms with Crippen LogP contribution in [0.25, 0.3) is 0 Å². The molecule has 0 fully saturated rings. The van der Waals surface area contributed by atoms with Gasteiger partial charge in [-0.1, -0.05) is 43.8 Å². The van der Waals surface area contributed by atoms with Crippen molar-refractivity contribution in [2.24, 2.45) is 0 Å². The number of methoxy groups -OCH3 is 2. The monoisotopic (exact) mass is 452 g/mol. The highest BCUT2D eigenvalue weighted by molar-refractivity contribution is 6.83. The van der Waals surface area contributed by atoms with Gasteiger partial charge >= 0.3 is 6.36 Å².